The minimum Gasteiger partial charge on any atom is -0.423 e. The lowest BCUT2D eigenvalue weighted by atomic mass is 10.0. The van der Waals surface area contributed by atoms with Crippen LogP contribution in [0.3, 0.4) is 0 Å². The van der Waals surface area contributed by atoms with Gasteiger partial charge < -0.3 is 4.74 Å². The Bertz CT molecular complexity index is 700. The van der Waals surface area contributed by atoms with E-state index in [1.807, 2.05) is 24.3 Å². The predicted octanol–water partition coefficient (Wildman–Crippen LogP) is 4.62. The van der Waals surface area contributed by atoms with Crippen LogP contribution in [0.25, 0.3) is 17.2 Å². The number of hydrogen-bond acceptors (Lipinski definition) is 2. The first-order valence-electron chi connectivity index (χ1n) is 6.41. The number of carbonyl (C=O) groups excluding carboxylic acids is 1. The first-order valence-corrected chi connectivity index (χ1v) is 6.41. The minimum atomic E-state index is -0.572. The number of esters is 1. The molecule has 2 rings (SSSR count). The maximum atomic E-state index is 14.1. The Labute approximate surface area is 123 Å². The maximum absolute atomic E-state index is 14.1. The molecule has 0 atom stereocenters. The highest BCUT2D eigenvalue weighted by atomic mass is 19.1. The van der Waals surface area contributed by atoms with E-state index in [4.69, 9.17) is 4.74 Å². The summed E-state index contributed by atoms with van der Waals surface area (Å²) >= 11 is 0. The Morgan fingerprint density at radius 1 is 1.19 bits per heavy atom. The van der Waals surface area contributed by atoms with Crippen LogP contribution in [0.2, 0.25) is 0 Å². The van der Waals surface area contributed by atoms with Crippen molar-refractivity contribution >= 4 is 12.0 Å². The normalized spacial score (nSPS) is 10.0. The lowest BCUT2D eigenvalue weighted by molar-refractivity contribution is -0.130. The molecule has 0 spiro atoms. The van der Waals surface area contributed by atoms with Crippen LogP contribution in [0, 0.1) is 5.82 Å². The molecule has 0 saturated heterocycles. The number of hydrogen-bond donors (Lipinski definition) is 0. The highest BCUT2D eigenvalue weighted by molar-refractivity contribution is 5.88. The van der Waals surface area contributed by atoms with Gasteiger partial charge in [0.05, 0.1) is 0 Å². The smallest absolute Gasteiger partial charge is 0.338 e. The fraction of sp³-hybridized carbons (Fsp3) is 0.0556. The molecule has 0 unspecified atom stereocenters. The summed E-state index contributed by atoms with van der Waals surface area (Å²) in [6, 6.07) is 11.7. The molecule has 0 amide bonds. The molecule has 0 aliphatic heterocycles. The molecule has 0 aliphatic rings. The third-order valence-corrected chi connectivity index (χ3v) is 2.96. The molecule has 106 valence electrons. The molecule has 0 N–H and O–H groups in total. The van der Waals surface area contributed by atoms with Gasteiger partial charge in [-0.05, 0) is 30.2 Å². The topological polar surface area (TPSA) is 26.3 Å². The first-order chi connectivity index (χ1) is 10.0. The Kier molecular flexibility index (Phi) is 4.33. The van der Waals surface area contributed by atoms with Gasteiger partial charge in [-0.25, -0.2) is 9.18 Å². The Hall–Kier alpha value is -2.68. The van der Waals surface area contributed by atoms with Crippen LogP contribution in [0.1, 0.15) is 12.5 Å². The van der Waals surface area contributed by atoms with E-state index in [-0.39, 0.29) is 11.3 Å². The monoisotopic (exact) mass is 282 g/mol. The molecule has 0 heterocycles. The Morgan fingerprint density at radius 3 is 2.38 bits per heavy atom. The zero-order chi connectivity index (χ0) is 15.4. The van der Waals surface area contributed by atoms with Crippen molar-refractivity contribution in [3.63, 3.8) is 0 Å². The van der Waals surface area contributed by atoms with Crippen LogP contribution in [0.15, 0.2) is 61.2 Å². The number of halogens is 1. The zero-order valence-corrected chi connectivity index (χ0v) is 11.7. The van der Waals surface area contributed by atoms with Crippen molar-refractivity contribution < 1.29 is 13.9 Å². The van der Waals surface area contributed by atoms with E-state index in [1.54, 1.807) is 18.2 Å². The summed E-state index contributed by atoms with van der Waals surface area (Å²) in [4.78, 5) is 11.4. The standard InChI is InChI=1S/C18H15FO2/c1-4-13-5-7-14(8-6-13)16-10-9-15(11-17(16)19)21-18(20)12(2)3/h4-11H,1-2H2,3H3. The van der Waals surface area contributed by atoms with E-state index in [9.17, 15) is 9.18 Å². The lowest BCUT2D eigenvalue weighted by Gasteiger charge is -2.07. The van der Waals surface area contributed by atoms with Gasteiger partial charge in [-0.2, -0.15) is 0 Å². The third kappa shape index (κ3) is 3.45. The SMILES string of the molecule is C=Cc1ccc(-c2ccc(OC(=O)C(=C)C)cc2F)cc1. The summed E-state index contributed by atoms with van der Waals surface area (Å²) in [5, 5.41) is 0. The maximum Gasteiger partial charge on any atom is 0.338 e. The second kappa shape index (κ2) is 6.18. The first kappa shape index (κ1) is 14.7. The summed E-state index contributed by atoms with van der Waals surface area (Å²) in [5.74, 6) is -0.863. The van der Waals surface area contributed by atoms with E-state index < -0.39 is 11.8 Å². The van der Waals surface area contributed by atoms with Gasteiger partial charge in [-0.1, -0.05) is 43.5 Å². The Balaban J connectivity index is 2.28. The summed E-state index contributed by atoms with van der Waals surface area (Å²) in [7, 11) is 0. The Morgan fingerprint density at radius 2 is 1.86 bits per heavy atom. The number of carbonyl (C=O) groups is 1. The molecule has 2 nitrogen and oxygen atoms in total. The fourth-order valence-corrected chi connectivity index (χ4v) is 1.79. The van der Waals surface area contributed by atoms with Crippen molar-refractivity contribution in [2.24, 2.45) is 0 Å². The largest absolute Gasteiger partial charge is 0.423 e. The zero-order valence-electron chi connectivity index (χ0n) is 11.7. The van der Waals surface area contributed by atoms with Crippen molar-refractivity contribution in [3.05, 3.63) is 72.6 Å². The highest BCUT2D eigenvalue weighted by Crippen LogP contribution is 2.27. The average molecular weight is 282 g/mol. The minimum absolute atomic E-state index is 0.159. The number of benzene rings is 2. The second-order valence-corrected chi connectivity index (χ2v) is 4.64. The molecular weight excluding hydrogens is 267 g/mol. The van der Waals surface area contributed by atoms with Crippen LogP contribution in [0.4, 0.5) is 4.39 Å². The molecule has 0 aromatic heterocycles. The van der Waals surface area contributed by atoms with Crippen LogP contribution in [-0.4, -0.2) is 5.97 Å². The van der Waals surface area contributed by atoms with Gasteiger partial charge in [0, 0.05) is 17.2 Å². The summed E-state index contributed by atoms with van der Waals surface area (Å²) in [6.07, 6.45) is 1.72. The van der Waals surface area contributed by atoms with E-state index in [2.05, 4.69) is 13.2 Å². The van der Waals surface area contributed by atoms with Gasteiger partial charge >= 0.3 is 5.97 Å². The van der Waals surface area contributed by atoms with Gasteiger partial charge in [-0.15, -0.1) is 0 Å². The molecule has 2 aromatic carbocycles. The van der Waals surface area contributed by atoms with Gasteiger partial charge in [0.1, 0.15) is 11.6 Å². The van der Waals surface area contributed by atoms with Crippen molar-refractivity contribution in [2.75, 3.05) is 0 Å². The number of ether oxygens (including phenoxy) is 1. The van der Waals surface area contributed by atoms with Crippen LogP contribution < -0.4 is 4.74 Å². The van der Waals surface area contributed by atoms with Crippen LogP contribution >= 0.6 is 0 Å². The predicted molar refractivity (Wildman–Crippen MR) is 82.4 cm³/mol. The summed E-state index contributed by atoms with van der Waals surface area (Å²) in [6.45, 7) is 8.69. The van der Waals surface area contributed by atoms with Gasteiger partial charge in [-0.3, -0.25) is 0 Å². The molecule has 3 heteroatoms. The van der Waals surface area contributed by atoms with E-state index in [0.717, 1.165) is 11.1 Å². The van der Waals surface area contributed by atoms with E-state index >= 15 is 0 Å². The second-order valence-electron chi connectivity index (χ2n) is 4.64. The van der Waals surface area contributed by atoms with Gasteiger partial charge in [0.15, 0.2) is 0 Å². The summed E-state index contributed by atoms with van der Waals surface area (Å²) in [5.41, 5.74) is 2.42. The van der Waals surface area contributed by atoms with Crippen LogP contribution in [-0.2, 0) is 4.79 Å². The molecule has 2 aromatic rings. The van der Waals surface area contributed by atoms with Crippen molar-refractivity contribution in [2.45, 2.75) is 6.92 Å². The van der Waals surface area contributed by atoms with Crippen molar-refractivity contribution in [1.82, 2.24) is 0 Å². The molecule has 0 fully saturated rings. The molecule has 21 heavy (non-hydrogen) atoms. The van der Waals surface area contributed by atoms with E-state index in [1.165, 1.54) is 13.0 Å². The fourth-order valence-electron chi connectivity index (χ4n) is 1.79. The van der Waals surface area contributed by atoms with Gasteiger partial charge in [0.25, 0.3) is 0 Å². The van der Waals surface area contributed by atoms with Gasteiger partial charge in [0.2, 0.25) is 0 Å². The molecule has 0 aliphatic carbocycles. The molecule has 0 saturated carbocycles. The number of rotatable bonds is 4. The molecule has 0 bridgehead atoms. The molecule has 0 radical (unpaired) electrons. The van der Waals surface area contributed by atoms with Crippen molar-refractivity contribution in [1.29, 1.82) is 0 Å². The quantitative estimate of drug-likeness (QED) is 0.465. The summed E-state index contributed by atoms with van der Waals surface area (Å²) < 4.78 is 19.1. The average Bonchev–Trinajstić information content (AvgIpc) is 2.47. The lowest BCUT2D eigenvalue weighted by Crippen LogP contribution is -2.08. The van der Waals surface area contributed by atoms with E-state index in [0.29, 0.717) is 5.56 Å². The molecular formula is C18H15FO2. The van der Waals surface area contributed by atoms with Crippen molar-refractivity contribution in [3.8, 4) is 16.9 Å². The highest BCUT2D eigenvalue weighted by Gasteiger charge is 2.10. The van der Waals surface area contributed by atoms with Crippen LogP contribution in [0.5, 0.6) is 5.75 Å². The third-order valence-electron chi connectivity index (χ3n) is 2.96.